The average Bonchev–Trinajstić information content (AvgIpc) is 2.29. The zero-order valence-electron chi connectivity index (χ0n) is 10.2. The molecule has 88 valence electrons. The molecular formula is C13H19NO2. The quantitative estimate of drug-likeness (QED) is 0.715. The summed E-state index contributed by atoms with van der Waals surface area (Å²) in [5, 5.41) is 0. The van der Waals surface area contributed by atoms with Gasteiger partial charge in [-0.05, 0) is 25.0 Å². The Morgan fingerprint density at radius 1 is 1.31 bits per heavy atom. The van der Waals surface area contributed by atoms with Crippen molar-refractivity contribution in [3.63, 3.8) is 0 Å². The Hall–Kier alpha value is -1.35. The third kappa shape index (κ3) is 3.07. The Morgan fingerprint density at radius 2 is 2.00 bits per heavy atom. The minimum Gasteiger partial charge on any atom is -0.361 e. The first-order chi connectivity index (χ1) is 7.70. The maximum absolute atomic E-state index is 11.6. The van der Waals surface area contributed by atoms with Crippen molar-refractivity contribution < 1.29 is 9.53 Å². The van der Waals surface area contributed by atoms with Gasteiger partial charge in [-0.1, -0.05) is 25.1 Å². The van der Waals surface area contributed by atoms with Gasteiger partial charge in [0.1, 0.15) is 6.73 Å². The molecule has 0 aliphatic rings. The lowest BCUT2D eigenvalue weighted by Gasteiger charge is -2.23. The van der Waals surface area contributed by atoms with Crippen LogP contribution < -0.4 is 4.90 Å². The van der Waals surface area contributed by atoms with Gasteiger partial charge in [0.25, 0.3) is 0 Å². The summed E-state index contributed by atoms with van der Waals surface area (Å²) >= 11 is 0. The van der Waals surface area contributed by atoms with Gasteiger partial charge >= 0.3 is 0 Å². The first kappa shape index (κ1) is 12.7. The predicted molar refractivity (Wildman–Crippen MR) is 65.5 cm³/mol. The molecular weight excluding hydrogens is 202 g/mol. The van der Waals surface area contributed by atoms with Gasteiger partial charge in [0.15, 0.2) is 0 Å². The maximum Gasteiger partial charge on any atom is 0.225 e. The van der Waals surface area contributed by atoms with Crippen molar-refractivity contribution in [3.05, 3.63) is 29.8 Å². The van der Waals surface area contributed by atoms with E-state index in [1.807, 2.05) is 31.2 Å². The highest BCUT2D eigenvalue weighted by molar-refractivity contribution is 5.92. The average molecular weight is 221 g/mol. The summed E-state index contributed by atoms with van der Waals surface area (Å²) in [6.07, 6.45) is 0.909. The number of aryl methyl sites for hydroxylation is 1. The highest BCUT2D eigenvalue weighted by atomic mass is 16.5. The fourth-order valence-electron chi connectivity index (χ4n) is 1.59. The molecule has 1 amide bonds. The lowest BCUT2D eigenvalue weighted by Crippen LogP contribution is -2.31. The van der Waals surface area contributed by atoms with E-state index in [1.54, 1.807) is 11.8 Å². The lowest BCUT2D eigenvalue weighted by molar-refractivity contribution is -0.117. The van der Waals surface area contributed by atoms with E-state index in [-0.39, 0.29) is 5.91 Å². The second-order valence-corrected chi connectivity index (χ2v) is 3.55. The number of carbonyl (C=O) groups excluding carboxylic acids is 1. The smallest absolute Gasteiger partial charge is 0.225 e. The van der Waals surface area contributed by atoms with Crippen LogP contribution in [-0.2, 0) is 16.0 Å². The van der Waals surface area contributed by atoms with Crippen LogP contribution in [0.5, 0.6) is 0 Å². The van der Waals surface area contributed by atoms with Crippen molar-refractivity contribution in [3.8, 4) is 0 Å². The minimum atomic E-state index is 0.00866. The number of rotatable bonds is 5. The van der Waals surface area contributed by atoms with E-state index in [9.17, 15) is 4.79 Å². The molecule has 0 heterocycles. The van der Waals surface area contributed by atoms with Crippen LogP contribution in [0.2, 0.25) is 0 Å². The zero-order chi connectivity index (χ0) is 12.0. The van der Waals surface area contributed by atoms with Crippen LogP contribution in [0.3, 0.4) is 0 Å². The van der Waals surface area contributed by atoms with E-state index >= 15 is 0 Å². The molecule has 0 radical (unpaired) electrons. The summed E-state index contributed by atoms with van der Waals surface area (Å²) < 4.78 is 5.32. The lowest BCUT2D eigenvalue weighted by atomic mass is 10.1. The molecule has 0 aliphatic carbocycles. The number of nitrogens with zero attached hydrogens (tertiary/aromatic N) is 1. The van der Waals surface area contributed by atoms with Gasteiger partial charge in [0.05, 0.1) is 0 Å². The van der Waals surface area contributed by atoms with Crippen molar-refractivity contribution >= 4 is 11.6 Å². The Kier molecular flexibility index (Phi) is 4.99. The number of hydrogen-bond donors (Lipinski definition) is 0. The van der Waals surface area contributed by atoms with Gasteiger partial charge in [0, 0.05) is 19.2 Å². The van der Waals surface area contributed by atoms with E-state index < -0.39 is 0 Å². The number of ether oxygens (including phenoxy) is 1. The summed E-state index contributed by atoms with van der Waals surface area (Å²) in [6.45, 7) is 6.49. The molecule has 0 atom stereocenters. The SMILES string of the molecule is CCOCN(C(C)=O)c1ccccc1CC. The minimum absolute atomic E-state index is 0.00866. The number of hydrogen-bond acceptors (Lipinski definition) is 2. The second kappa shape index (κ2) is 6.28. The summed E-state index contributed by atoms with van der Waals surface area (Å²) in [7, 11) is 0. The van der Waals surface area contributed by atoms with Crippen LogP contribution in [0.4, 0.5) is 5.69 Å². The fourth-order valence-corrected chi connectivity index (χ4v) is 1.59. The van der Waals surface area contributed by atoms with Crippen LogP contribution in [0.25, 0.3) is 0 Å². The molecule has 0 unspecified atom stereocenters. The topological polar surface area (TPSA) is 29.5 Å². The molecule has 16 heavy (non-hydrogen) atoms. The largest absolute Gasteiger partial charge is 0.361 e. The van der Waals surface area contributed by atoms with Gasteiger partial charge in [-0.3, -0.25) is 9.69 Å². The Balaban J connectivity index is 2.95. The van der Waals surface area contributed by atoms with E-state index in [4.69, 9.17) is 4.74 Å². The molecule has 0 bridgehead atoms. The molecule has 0 spiro atoms. The number of anilines is 1. The number of carbonyl (C=O) groups is 1. The van der Waals surface area contributed by atoms with Gasteiger partial charge in [-0.15, -0.1) is 0 Å². The van der Waals surface area contributed by atoms with E-state index in [0.717, 1.165) is 17.7 Å². The summed E-state index contributed by atoms with van der Waals surface area (Å²) in [6, 6.07) is 7.92. The van der Waals surface area contributed by atoms with Crippen LogP contribution in [-0.4, -0.2) is 19.2 Å². The van der Waals surface area contributed by atoms with Crippen molar-refractivity contribution in [1.82, 2.24) is 0 Å². The first-order valence-electron chi connectivity index (χ1n) is 5.64. The van der Waals surface area contributed by atoms with Gasteiger partial charge in [-0.25, -0.2) is 0 Å². The standard InChI is InChI=1S/C13H19NO2/c1-4-12-8-6-7-9-13(12)14(11(3)15)10-16-5-2/h6-9H,4-5,10H2,1-3H3. The molecule has 0 aliphatic heterocycles. The molecule has 1 rings (SSSR count). The molecule has 1 aromatic carbocycles. The molecule has 0 saturated carbocycles. The predicted octanol–water partition coefficient (Wildman–Crippen LogP) is 2.60. The fraction of sp³-hybridized carbons (Fsp3) is 0.462. The van der Waals surface area contributed by atoms with Crippen LogP contribution in [0.15, 0.2) is 24.3 Å². The molecule has 0 aromatic heterocycles. The summed E-state index contributed by atoms with van der Waals surface area (Å²) in [5.74, 6) is 0.00866. The van der Waals surface area contributed by atoms with Gasteiger partial charge in [-0.2, -0.15) is 0 Å². The highest BCUT2D eigenvalue weighted by Crippen LogP contribution is 2.20. The maximum atomic E-state index is 11.6. The summed E-state index contributed by atoms with van der Waals surface area (Å²) in [5.41, 5.74) is 2.11. The van der Waals surface area contributed by atoms with E-state index in [1.165, 1.54) is 0 Å². The van der Waals surface area contributed by atoms with Crippen molar-refractivity contribution in [1.29, 1.82) is 0 Å². The molecule has 0 fully saturated rings. The third-order valence-electron chi connectivity index (χ3n) is 2.47. The van der Waals surface area contributed by atoms with Gasteiger partial charge < -0.3 is 4.74 Å². The molecule has 0 N–H and O–H groups in total. The van der Waals surface area contributed by atoms with Gasteiger partial charge in [0.2, 0.25) is 5.91 Å². The monoisotopic (exact) mass is 221 g/mol. The van der Waals surface area contributed by atoms with E-state index in [0.29, 0.717) is 13.3 Å². The van der Waals surface area contributed by atoms with E-state index in [2.05, 4.69) is 6.92 Å². The number of amides is 1. The molecule has 3 heteroatoms. The Labute approximate surface area is 97.0 Å². The Bertz CT molecular complexity index is 350. The second-order valence-electron chi connectivity index (χ2n) is 3.55. The molecule has 3 nitrogen and oxygen atoms in total. The number of para-hydroxylation sites is 1. The number of benzene rings is 1. The molecule has 0 saturated heterocycles. The van der Waals surface area contributed by atoms with Crippen molar-refractivity contribution in [2.45, 2.75) is 27.2 Å². The van der Waals surface area contributed by atoms with Crippen molar-refractivity contribution in [2.75, 3.05) is 18.2 Å². The highest BCUT2D eigenvalue weighted by Gasteiger charge is 2.13. The first-order valence-corrected chi connectivity index (χ1v) is 5.64. The molecule has 1 aromatic rings. The van der Waals surface area contributed by atoms with Crippen molar-refractivity contribution in [2.24, 2.45) is 0 Å². The summed E-state index contributed by atoms with van der Waals surface area (Å²) in [4.78, 5) is 13.2. The zero-order valence-corrected chi connectivity index (χ0v) is 10.2. The van der Waals surface area contributed by atoms with Crippen LogP contribution in [0.1, 0.15) is 26.3 Å². The Morgan fingerprint density at radius 3 is 2.56 bits per heavy atom. The van der Waals surface area contributed by atoms with Crippen LogP contribution >= 0.6 is 0 Å². The normalized spacial score (nSPS) is 10.2. The van der Waals surface area contributed by atoms with Crippen LogP contribution in [0, 0.1) is 0 Å². The third-order valence-corrected chi connectivity index (χ3v) is 2.47.